The van der Waals surface area contributed by atoms with E-state index < -0.39 is 0 Å². The Morgan fingerprint density at radius 2 is 0.812 bits per heavy atom. The van der Waals surface area contributed by atoms with E-state index in [2.05, 4.69) is 40.2 Å². The maximum Gasteiger partial charge on any atom is -0.0109 e. The van der Waals surface area contributed by atoms with Gasteiger partial charge in [-0.25, -0.2) is 0 Å². The smallest absolute Gasteiger partial charge is 0.0109 e. The predicted octanol–water partition coefficient (Wildman–Crippen LogP) is 4.88. The van der Waals surface area contributed by atoms with Gasteiger partial charge in [-0.1, -0.05) is 50.6 Å². The molecule has 0 saturated carbocycles. The second-order valence-electron chi connectivity index (χ2n) is 3.72. The second kappa shape index (κ2) is 4.80. The standard InChI is InChI=1S/C16H18/c1-7-13-11(5)12(6)14(8-2)16(10-4)15(13)9-3/h7-10H,1-4H2,5-6H3. The summed E-state index contributed by atoms with van der Waals surface area (Å²) < 4.78 is 0. The van der Waals surface area contributed by atoms with Crippen molar-refractivity contribution >= 4 is 24.3 Å². The summed E-state index contributed by atoms with van der Waals surface area (Å²) >= 11 is 0. The topological polar surface area (TPSA) is 0 Å². The summed E-state index contributed by atoms with van der Waals surface area (Å²) in [5.74, 6) is 0. The molecule has 0 saturated heterocycles. The molecular formula is C16H18. The summed E-state index contributed by atoms with van der Waals surface area (Å²) in [5.41, 5.74) is 6.89. The summed E-state index contributed by atoms with van der Waals surface area (Å²) in [6.45, 7) is 19.7. The first-order chi connectivity index (χ1) is 7.62. The Kier molecular flexibility index (Phi) is 3.68. The molecule has 0 spiro atoms. The van der Waals surface area contributed by atoms with Gasteiger partial charge in [-0.15, -0.1) is 0 Å². The lowest BCUT2D eigenvalue weighted by atomic mass is 9.87. The molecule has 0 aliphatic rings. The van der Waals surface area contributed by atoms with E-state index in [-0.39, 0.29) is 0 Å². The highest BCUT2D eigenvalue weighted by Crippen LogP contribution is 2.30. The van der Waals surface area contributed by atoms with E-state index in [0.717, 1.165) is 22.3 Å². The molecule has 0 unspecified atom stereocenters. The Balaban J connectivity index is 3.89. The monoisotopic (exact) mass is 210 g/mol. The van der Waals surface area contributed by atoms with E-state index in [1.54, 1.807) is 0 Å². The molecule has 16 heavy (non-hydrogen) atoms. The first-order valence-electron chi connectivity index (χ1n) is 5.29. The van der Waals surface area contributed by atoms with Crippen molar-refractivity contribution in [1.82, 2.24) is 0 Å². The fraction of sp³-hybridized carbons (Fsp3) is 0.125. The highest BCUT2D eigenvalue weighted by Gasteiger charge is 2.12. The van der Waals surface area contributed by atoms with E-state index in [9.17, 15) is 0 Å². The third-order valence-electron chi connectivity index (χ3n) is 3.06. The summed E-state index contributed by atoms with van der Waals surface area (Å²) in [6, 6.07) is 0. The van der Waals surface area contributed by atoms with Gasteiger partial charge in [0, 0.05) is 0 Å². The van der Waals surface area contributed by atoms with E-state index in [1.165, 1.54) is 11.1 Å². The second-order valence-corrected chi connectivity index (χ2v) is 3.72. The fourth-order valence-electron chi connectivity index (χ4n) is 2.06. The van der Waals surface area contributed by atoms with Crippen molar-refractivity contribution in [2.75, 3.05) is 0 Å². The van der Waals surface area contributed by atoms with Crippen molar-refractivity contribution < 1.29 is 0 Å². The molecule has 1 aromatic carbocycles. The molecule has 0 aliphatic carbocycles. The van der Waals surface area contributed by atoms with Crippen LogP contribution < -0.4 is 0 Å². The number of benzene rings is 1. The summed E-state index contributed by atoms with van der Waals surface area (Å²) in [5, 5.41) is 0. The molecule has 0 heteroatoms. The molecule has 0 heterocycles. The van der Waals surface area contributed by atoms with Crippen molar-refractivity contribution in [3.63, 3.8) is 0 Å². The molecule has 0 aliphatic heterocycles. The molecule has 0 radical (unpaired) electrons. The predicted molar refractivity (Wildman–Crippen MR) is 76.3 cm³/mol. The van der Waals surface area contributed by atoms with Gasteiger partial charge in [0.15, 0.2) is 0 Å². The Hall–Kier alpha value is -1.82. The normalized spacial score (nSPS) is 9.62. The van der Waals surface area contributed by atoms with Crippen LogP contribution in [0.2, 0.25) is 0 Å². The Bertz CT molecular complexity index is 429. The maximum absolute atomic E-state index is 3.86. The number of hydrogen-bond donors (Lipinski definition) is 0. The zero-order valence-electron chi connectivity index (χ0n) is 10.1. The van der Waals surface area contributed by atoms with Crippen LogP contribution in [0.3, 0.4) is 0 Å². The minimum absolute atomic E-state index is 1.09. The van der Waals surface area contributed by atoms with E-state index in [1.807, 2.05) is 24.3 Å². The van der Waals surface area contributed by atoms with Crippen LogP contribution in [0.4, 0.5) is 0 Å². The maximum atomic E-state index is 3.86. The quantitative estimate of drug-likeness (QED) is 0.664. The van der Waals surface area contributed by atoms with Gasteiger partial charge in [0.25, 0.3) is 0 Å². The molecule has 1 rings (SSSR count). The minimum Gasteiger partial charge on any atom is -0.0984 e. The molecule has 0 bridgehead atoms. The molecule has 0 aromatic heterocycles. The van der Waals surface area contributed by atoms with Crippen molar-refractivity contribution in [3.05, 3.63) is 59.7 Å². The van der Waals surface area contributed by atoms with Gasteiger partial charge in [-0.2, -0.15) is 0 Å². The molecule has 0 amide bonds. The SMILES string of the molecule is C=Cc1c(C)c(C)c(C=C)c(C=C)c1C=C. The van der Waals surface area contributed by atoms with Gasteiger partial charge in [-0.3, -0.25) is 0 Å². The highest BCUT2D eigenvalue weighted by molar-refractivity contribution is 5.81. The Morgan fingerprint density at radius 1 is 0.562 bits per heavy atom. The third-order valence-corrected chi connectivity index (χ3v) is 3.06. The van der Waals surface area contributed by atoms with Crippen LogP contribution in [0.25, 0.3) is 24.3 Å². The molecule has 82 valence electrons. The Morgan fingerprint density at radius 3 is 1.00 bits per heavy atom. The van der Waals surface area contributed by atoms with Crippen LogP contribution in [0, 0.1) is 13.8 Å². The van der Waals surface area contributed by atoms with Crippen LogP contribution >= 0.6 is 0 Å². The lowest BCUT2D eigenvalue weighted by molar-refractivity contribution is 1.29. The van der Waals surface area contributed by atoms with E-state index in [4.69, 9.17) is 0 Å². The molecule has 0 N–H and O–H groups in total. The summed E-state index contributed by atoms with van der Waals surface area (Å²) in [7, 11) is 0. The number of rotatable bonds is 4. The van der Waals surface area contributed by atoms with E-state index in [0.29, 0.717) is 0 Å². The zero-order valence-corrected chi connectivity index (χ0v) is 10.1. The van der Waals surface area contributed by atoms with Crippen LogP contribution in [-0.4, -0.2) is 0 Å². The van der Waals surface area contributed by atoms with Gasteiger partial charge >= 0.3 is 0 Å². The van der Waals surface area contributed by atoms with Crippen molar-refractivity contribution in [3.8, 4) is 0 Å². The molecule has 1 aromatic rings. The van der Waals surface area contributed by atoms with Gasteiger partial charge in [-0.05, 0) is 47.2 Å². The van der Waals surface area contributed by atoms with Crippen LogP contribution in [-0.2, 0) is 0 Å². The first kappa shape index (κ1) is 12.3. The first-order valence-corrected chi connectivity index (χ1v) is 5.29. The van der Waals surface area contributed by atoms with Gasteiger partial charge in [0.05, 0.1) is 0 Å². The van der Waals surface area contributed by atoms with Gasteiger partial charge in [0.2, 0.25) is 0 Å². The molecule has 0 fully saturated rings. The molecule has 0 atom stereocenters. The zero-order chi connectivity index (χ0) is 12.3. The fourth-order valence-corrected chi connectivity index (χ4v) is 2.06. The van der Waals surface area contributed by atoms with Crippen LogP contribution in [0.15, 0.2) is 26.3 Å². The molecule has 0 nitrogen and oxygen atoms in total. The average Bonchev–Trinajstić information content (AvgIpc) is 2.31. The van der Waals surface area contributed by atoms with Crippen molar-refractivity contribution in [2.24, 2.45) is 0 Å². The lowest BCUT2D eigenvalue weighted by Gasteiger charge is -2.17. The summed E-state index contributed by atoms with van der Waals surface area (Å²) in [6.07, 6.45) is 7.46. The average molecular weight is 210 g/mol. The minimum atomic E-state index is 1.09. The van der Waals surface area contributed by atoms with Crippen molar-refractivity contribution in [1.29, 1.82) is 0 Å². The van der Waals surface area contributed by atoms with Gasteiger partial charge < -0.3 is 0 Å². The lowest BCUT2D eigenvalue weighted by Crippen LogP contribution is -1.99. The highest BCUT2D eigenvalue weighted by atomic mass is 14.2. The van der Waals surface area contributed by atoms with E-state index >= 15 is 0 Å². The largest absolute Gasteiger partial charge is 0.0984 e. The van der Waals surface area contributed by atoms with Crippen LogP contribution in [0.5, 0.6) is 0 Å². The molecular weight excluding hydrogens is 192 g/mol. The summed E-state index contributed by atoms with van der Waals surface area (Å²) in [4.78, 5) is 0. The third kappa shape index (κ3) is 1.67. The number of hydrogen-bond acceptors (Lipinski definition) is 0. The van der Waals surface area contributed by atoms with Crippen molar-refractivity contribution in [2.45, 2.75) is 13.8 Å². The van der Waals surface area contributed by atoms with Crippen LogP contribution in [0.1, 0.15) is 33.4 Å². The Labute approximate surface area is 98.3 Å². The van der Waals surface area contributed by atoms with Gasteiger partial charge in [0.1, 0.15) is 0 Å².